The molecule has 8 aliphatic heterocycles. The van der Waals surface area contributed by atoms with E-state index in [1.54, 1.807) is 0 Å². The molecule has 0 radical (unpaired) electrons. The van der Waals surface area contributed by atoms with Crippen LogP contribution in [0.5, 0.6) is 46.0 Å². The van der Waals surface area contributed by atoms with E-state index in [1.165, 1.54) is 71.1 Å². The van der Waals surface area contributed by atoms with Crippen LogP contribution in [0.1, 0.15) is 170 Å². The molecule has 0 spiro atoms. The van der Waals surface area contributed by atoms with Crippen LogP contribution < -0.4 is 73.9 Å². The van der Waals surface area contributed by atoms with Crippen molar-refractivity contribution in [1.82, 2.24) is 42.5 Å². The van der Waals surface area contributed by atoms with Crippen LogP contribution in [0.4, 0.5) is 0 Å². The maximum Gasteiger partial charge on any atom is 0.330 e. The fraction of sp³-hybridized carbons (Fsp3) is 0.531. The molecule has 8 aliphatic rings. The van der Waals surface area contributed by atoms with Crippen molar-refractivity contribution in [1.29, 1.82) is 0 Å². The summed E-state index contributed by atoms with van der Waals surface area (Å²) in [6.45, 7) is 10.9. The van der Waals surface area contributed by atoms with Crippen LogP contribution in [0.25, 0.3) is 11.1 Å². The lowest BCUT2D eigenvalue weighted by molar-refractivity contribution is -0.333. The zero-order chi connectivity index (χ0) is 86.5. The second-order valence-corrected chi connectivity index (χ2v) is 32.4. The summed E-state index contributed by atoms with van der Waals surface area (Å²) < 4.78 is 52.1. The van der Waals surface area contributed by atoms with Crippen LogP contribution in [0.3, 0.4) is 0 Å². The number of aliphatic carboxylic acids is 1. The Morgan fingerprint density at radius 3 is 1.91 bits per heavy atom. The van der Waals surface area contributed by atoms with Crippen LogP contribution in [0, 0.1) is 5.92 Å². The summed E-state index contributed by atoms with van der Waals surface area (Å²) in [6, 6.07) is 0.942. The van der Waals surface area contributed by atoms with E-state index in [-0.39, 0.29) is 70.5 Å². The number of aliphatic hydroxyl groups is 6. The van der Waals surface area contributed by atoms with E-state index in [2.05, 4.69) is 49.5 Å². The second kappa shape index (κ2) is 38.0. The first-order chi connectivity index (χ1) is 56.3. The zero-order valence-electron chi connectivity index (χ0n) is 66.7. The van der Waals surface area contributed by atoms with Crippen molar-refractivity contribution in [3.05, 3.63) is 117 Å². The Balaban J connectivity index is 1.18. The van der Waals surface area contributed by atoms with Crippen LogP contribution in [-0.4, -0.2) is 222 Å². The first-order valence-corrected chi connectivity index (χ1v) is 39.8. The molecule has 3 fully saturated rings. The minimum atomic E-state index is -2.36. The van der Waals surface area contributed by atoms with Crippen molar-refractivity contribution in [3.8, 4) is 57.1 Å². The number of fused-ring (bicyclic) bond motifs is 15. The van der Waals surface area contributed by atoms with Gasteiger partial charge in [0, 0.05) is 47.2 Å². The Kier molecular flexibility index (Phi) is 28.8. The highest BCUT2D eigenvalue weighted by Gasteiger charge is 2.53. The third kappa shape index (κ3) is 20.4. The van der Waals surface area contributed by atoms with Gasteiger partial charge >= 0.3 is 5.97 Å². The van der Waals surface area contributed by atoms with Crippen LogP contribution in [-0.2, 0) is 68.6 Å². The summed E-state index contributed by atoms with van der Waals surface area (Å²) in [5.41, 5.74) is 13.6. The number of likely N-dealkylation sites (N-methyl/N-ethyl adjacent to an activating group) is 1. The van der Waals surface area contributed by atoms with Gasteiger partial charge in [-0.25, -0.2) is 4.79 Å². The molecule has 22 atom stereocenters. The lowest BCUT2D eigenvalue weighted by atomic mass is 9.86. The number of aliphatic hydroxyl groups excluding tert-OH is 6. The van der Waals surface area contributed by atoms with E-state index < -0.39 is 250 Å². The predicted molar refractivity (Wildman–Crippen MR) is 421 cm³/mol. The van der Waals surface area contributed by atoms with Gasteiger partial charge in [0.1, 0.15) is 89.5 Å². The van der Waals surface area contributed by atoms with Gasteiger partial charge in [0.05, 0.1) is 54.1 Å². The highest BCUT2D eigenvalue weighted by molar-refractivity contribution is 6.32. The molecule has 8 heterocycles. The Labute approximate surface area is 689 Å². The second-order valence-electron chi connectivity index (χ2n) is 32.0. The number of hydrogen-bond donors (Lipinski definition) is 21. The van der Waals surface area contributed by atoms with E-state index in [0.717, 1.165) is 68.1 Å². The molecule has 0 aliphatic carbocycles. The van der Waals surface area contributed by atoms with Gasteiger partial charge in [-0.05, 0) is 137 Å². The van der Waals surface area contributed by atoms with E-state index >= 15 is 24.0 Å². The van der Waals surface area contributed by atoms with Crippen molar-refractivity contribution in [3.63, 3.8) is 0 Å². The predicted octanol–water partition coefficient (Wildman–Crippen LogP) is 1.75. The molecule has 648 valence electrons. The number of phenols is 3. The lowest BCUT2D eigenvalue weighted by Crippen LogP contribution is -2.64. The van der Waals surface area contributed by atoms with Gasteiger partial charge in [-0.15, -0.1) is 0 Å². The summed E-state index contributed by atoms with van der Waals surface area (Å²) in [5.74, 6) is -15.3. The molecule has 24 N–H and O–H groups in total. The normalized spacial score (nSPS) is 30.7. The number of carbonyl (C=O) groups excluding carboxylic acids is 7. The number of carboxylic acids is 1. The van der Waals surface area contributed by atoms with Gasteiger partial charge < -0.3 is 149 Å². The number of amides is 7. The molecule has 11 bridgehead atoms. The molecule has 37 nitrogen and oxygen atoms in total. The van der Waals surface area contributed by atoms with Crippen molar-refractivity contribution in [2.45, 2.75) is 246 Å². The fourth-order valence-electron chi connectivity index (χ4n) is 15.5. The number of unbranched alkanes of at least 4 members (excludes halogenated alkanes) is 4. The standard InChI is InChI=1S/C81H106ClN11O26/c1-9-10-11-12-13-22-87-32-44-49(96)28-43-57(64(44)99)42-24-38(16-20-48(42)95)58-74(106)93-62(77(109)91-60(43)78(110)111)67(117-55-30-80(6,84)70(102)35(4)112-55)37-14-18-41(19-15-37)114-51-26-40-27-52(68(51)119-79-69(66(101)65(100)53(33-94)116-79)118-56-31-81(7,85)71(103)36(5)113-56)115-50-21-17-39(25-45(50)82)63(98)61(92-72(104)46(86-8)23-34(2)3)76(108)88-47(29-54(83)97)73(105)89-59(40)75(107)90-58/h14-21,24-28,34-36,46-47,53,55-56,58-63,65-67,69-71,79,86-87,94-96,98-103H,9-13,22-23,29-33,84-85H2,1-8H3,(H2,83,97)(H,88,108)(H,89,105)(H,90,107)(H,91,109)(H,92,104)(H,93,106)(H,110,111)/t35-,36-,46?,47?,53+,55-,56-,58?,59?,60?,61?,62?,63?,65+,66-,67?,69+,70-,71-,79-,80-,81-/m0/s1. The Hall–Kier alpha value is -9.65. The topological polar surface area (TPSA) is 587 Å². The van der Waals surface area contributed by atoms with Gasteiger partial charge in [0.2, 0.25) is 53.4 Å². The van der Waals surface area contributed by atoms with Gasteiger partial charge in [-0.3, -0.25) is 33.6 Å². The van der Waals surface area contributed by atoms with Crippen LogP contribution in [0.2, 0.25) is 5.02 Å². The summed E-state index contributed by atoms with van der Waals surface area (Å²) in [6.07, 6.45) is -18.1. The third-order valence-electron chi connectivity index (χ3n) is 22.1. The molecule has 13 rings (SSSR count). The van der Waals surface area contributed by atoms with Gasteiger partial charge in [0.25, 0.3) is 0 Å². The number of primary amides is 1. The molecule has 5 aromatic rings. The molecular weight excluding hydrogens is 1580 g/mol. The molecule has 5 aromatic carbocycles. The quantitative estimate of drug-likeness (QED) is 0.0414. The average Bonchev–Trinajstić information content (AvgIpc) is 0.766. The van der Waals surface area contributed by atoms with E-state index in [4.69, 9.17) is 66.7 Å². The number of carboxylic acid groups (broad SMARTS) is 1. The minimum absolute atomic E-state index is 0.0396. The number of nitrogens with one attached hydrogen (secondary N) is 8. The zero-order valence-corrected chi connectivity index (χ0v) is 67.5. The Bertz CT molecular complexity index is 4560. The van der Waals surface area contributed by atoms with Gasteiger partial charge in [-0.2, -0.15) is 0 Å². The molecular formula is C81H106ClN11O26. The highest BCUT2D eigenvalue weighted by Crippen LogP contribution is 2.51. The molecule has 3 saturated heterocycles. The van der Waals surface area contributed by atoms with E-state index in [1.807, 2.05) is 13.8 Å². The maximum absolute atomic E-state index is 16.6. The minimum Gasteiger partial charge on any atom is -0.507 e. The number of rotatable bonds is 23. The molecule has 7 amide bonds. The molecule has 0 aromatic heterocycles. The largest absolute Gasteiger partial charge is 0.507 e. The number of phenolic OH excluding ortho intramolecular Hbond substituents is 3. The number of ether oxygens (including phenoxy) is 8. The van der Waals surface area contributed by atoms with Crippen LogP contribution in [0.15, 0.2) is 78.9 Å². The van der Waals surface area contributed by atoms with Crippen LogP contribution >= 0.6 is 11.6 Å². The monoisotopic (exact) mass is 1680 g/mol. The van der Waals surface area contributed by atoms with E-state index in [9.17, 15) is 65.4 Å². The van der Waals surface area contributed by atoms with Crippen molar-refractivity contribution < 1.29 is 127 Å². The molecule has 38 heteroatoms. The Morgan fingerprint density at radius 1 is 0.681 bits per heavy atom. The smallest absolute Gasteiger partial charge is 0.330 e. The first kappa shape index (κ1) is 90.1. The van der Waals surface area contributed by atoms with Gasteiger partial charge in [-0.1, -0.05) is 82.3 Å². The summed E-state index contributed by atoms with van der Waals surface area (Å²) in [4.78, 5) is 121. The van der Waals surface area contributed by atoms with Crippen molar-refractivity contribution in [2.75, 3.05) is 20.2 Å². The summed E-state index contributed by atoms with van der Waals surface area (Å²) in [7, 11) is 1.48. The molecule has 0 saturated carbocycles. The van der Waals surface area contributed by atoms with Crippen molar-refractivity contribution >= 4 is 58.9 Å². The number of hydrogen-bond acceptors (Lipinski definition) is 29. The molecule has 119 heavy (non-hydrogen) atoms. The Morgan fingerprint density at radius 2 is 1.29 bits per heavy atom. The number of benzene rings is 5. The first-order valence-electron chi connectivity index (χ1n) is 39.4. The summed E-state index contributed by atoms with van der Waals surface area (Å²) in [5, 5.41) is 138. The third-order valence-corrected chi connectivity index (χ3v) is 22.4. The van der Waals surface area contributed by atoms with Crippen molar-refractivity contribution in [2.24, 2.45) is 23.1 Å². The maximum atomic E-state index is 16.6. The fourth-order valence-corrected chi connectivity index (χ4v) is 15.8. The highest BCUT2D eigenvalue weighted by atomic mass is 35.5. The number of nitrogens with two attached hydrogens (primary N) is 3. The number of carbonyl (C=O) groups is 8. The van der Waals surface area contributed by atoms with Gasteiger partial charge in [0.15, 0.2) is 36.2 Å². The lowest BCUT2D eigenvalue weighted by Gasteiger charge is -2.47. The SMILES string of the molecule is CCCCCCCNCc1c(O)cc2c(c1O)-c1cc(ccc1O)C1NC(=O)C3NC(=O)C(CC(N)=O)NC(=O)C(NC(=O)C(CC(C)C)NC)C(O)c4ccc(c(Cl)c4)Oc4cc3cc(c4O[C@@H]3O[C@H](CO)[C@@H](O)[C@H](O)[C@H]3O[C@H]3C[C@](C)(N)[C@@H](O)[C@H](C)O3)Oc3ccc(cc3)C(O[C@H]3C[C@](C)(N)[C@@H](O)[C@H](C)O3)C(NC1=O)C(=O)NC2C(=O)O. The van der Waals surface area contributed by atoms with E-state index in [0.29, 0.717) is 13.0 Å². The molecule has 9 unspecified atom stereocenters. The number of aromatic hydroxyl groups is 3. The average molecular weight is 1690 g/mol. The number of halogens is 1. The summed E-state index contributed by atoms with van der Waals surface area (Å²) >= 11 is 7.18.